The molecule has 33 heavy (non-hydrogen) atoms. The molecule has 0 saturated carbocycles. The molecule has 0 atom stereocenters. The maximum atomic E-state index is 12.9. The van der Waals surface area contributed by atoms with E-state index in [-0.39, 0.29) is 17.4 Å². The summed E-state index contributed by atoms with van der Waals surface area (Å²) < 4.78 is 0. The summed E-state index contributed by atoms with van der Waals surface area (Å²) >= 11 is 18.8. The lowest BCUT2D eigenvalue weighted by molar-refractivity contribution is 0.0746. The van der Waals surface area contributed by atoms with Crippen LogP contribution in [0.2, 0.25) is 15.1 Å². The lowest BCUT2D eigenvalue weighted by Crippen LogP contribution is -2.49. The maximum absolute atomic E-state index is 12.9. The Morgan fingerprint density at radius 3 is 2.24 bits per heavy atom. The summed E-state index contributed by atoms with van der Waals surface area (Å²) in [5.41, 5.74) is 3.36. The summed E-state index contributed by atoms with van der Waals surface area (Å²) in [5.74, 6) is -0.364. The largest absolute Gasteiger partial charge is 0.365 e. The van der Waals surface area contributed by atoms with Gasteiger partial charge in [-0.05, 0) is 49.4 Å². The summed E-state index contributed by atoms with van der Waals surface area (Å²) in [4.78, 5) is 29.7. The number of nitrogens with one attached hydrogen (secondary N) is 1. The predicted octanol–water partition coefficient (Wildman–Crippen LogP) is 6.17. The average molecular weight is 503 g/mol. The first kappa shape index (κ1) is 23.4. The van der Waals surface area contributed by atoms with E-state index in [0.717, 1.165) is 5.56 Å². The van der Waals surface area contributed by atoms with Crippen molar-refractivity contribution in [3.63, 3.8) is 0 Å². The van der Waals surface area contributed by atoms with Crippen molar-refractivity contribution in [2.24, 2.45) is 0 Å². The van der Waals surface area contributed by atoms with Gasteiger partial charge >= 0.3 is 0 Å². The Hall–Kier alpha value is -2.73. The van der Waals surface area contributed by atoms with E-state index in [2.05, 4.69) is 10.2 Å². The first-order valence-corrected chi connectivity index (χ1v) is 11.6. The van der Waals surface area contributed by atoms with E-state index in [9.17, 15) is 9.59 Å². The van der Waals surface area contributed by atoms with Crippen LogP contribution in [-0.4, -0.2) is 42.9 Å². The van der Waals surface area contributed by atoms with Crippen molar-refractivity contribution in [2.45, 2.75) is 6.92 Å². The highest BCUT2D eigenvalue weighted by molar-refractivity contribution is 6.37. The predicted molar refractivity (Wildman–Crippen MR) is 135 cm³/mol. The molecule has 4 rings (SSSR count). The first-order valence-electron chi connectivity index (χ1n) is 10.5. The second kappa shape index (κ2) is 10.0. The van der Waals surface area contributed by atoms with Crippen LogP contribution in [-0.2, 0) is 0 Å². The topological polar surface area (TPSA) is 52.7 Å². The summed E-state index contributed by atoms with van der Waals surface area (Å²) in [5, 5.41) is 4.16. The molecular weight excluding hydrogens is 481 g/mol. The molecule has 0 aliphatic carbocycles. The third kappa shape index (κ3) is 5.27. The highest BCUT2D eigenvalue weighted by Crippen LogP contribution is 2.35. The van der Waals surface area contributed by atoms with Crippen molar-refractivity contribution in [2.75, 3.05) is 36.4 Å². The zero-order valence-corrected chi connectivity index (χ0v) is 20.2. The van der Waals surface area contributed by atoms with Crippen LogP contribution < -0.4 is 10.2 Å². The second-order valence-electron chi connectivity index (χ2n) is 7.86. The number of carbonyl (C=O) groups excluding carboxylic acids is 2. The van der Waals surface area contributed by atoms with Crippen molar-refractivity contribution >= 4 is 58.0 Å². The minimum absolute atomic E-state index is 0.0120. The molecule has 5 nitrogen and oxygen atoms in total. The molecule has 0 bridgehead atoms. The fourth-order valence-electron chi connectivity index (χ4n) is 3.81. The summed E-state index contributed by atoms with van der Waals surface area (Å²) in [6, 6.07) is 17.7. The van der Waals surface area contributed by atoms with Gasteiger partial charge in [0.15, 0.2) is 0 Å². The number of rotatable bonds is 4. The van der Waals surface area contributed by atoms with Crippen LogP contribution in [0.4, 0.5) is 11.4 Å². The Balaban J connectivity index is 1.50. The van der Waals surface area contributed by atoms with E-state index in [1.54, 1.807) is 30.3 Å². The maximum Gasteiger partial charge on any atom is 0.257 e. The van der Waals surface area contributed by atoms with E-state index in [4.69, 9.17) is 34.8 Å². The highest BCUT2D eigenvalue weighted by atomic mass is 35.5. The van der Waals surface area contributed by atoms with Gasteiger partial charge in [0.05, 0.1) is 27.0 Å². The molecule has 8 heteroatoms. The Bertz CT molecular complexity index is 1190. The van der Waals surface area contributed by atoms with Gasteiger partial charge in [-0.2, -0.15) is 0 Å². The van der Waals surface area contributed by atoms with Crippen LogP contribution >= 0.6 is 34.8 Å². The minimum Gasteiger partial charge on any atom is -0.365 e. The molecule has 3 aromatic rings. The van der Waals surface area contributed by atoms with Gasteiger partial charge in [-0.3, -0.25) is 9.59 Å². The van der Waals surface area contributed by atoms with Gasteiger partial charge in [0.25, 0.3) is 11.8 Å². The molecule has 0 aromatic heterocycles. The van der Waals surface area contributed by atoms with Crippen LogP contribution in [0.3, 0.4) is 0 Å². The van der Waals surface area contributed by atoms with E-state index in [0.29, 0.717) is 58.2 Å². The summed E-state index contributed by atoms with van der Waals surface area (Å²) in [6.07, 6.45) is 0. The quantitative estimate of drug-likeness (QED) is 0.464. The van der Waals surface area contributed by atoms with Crippen LogP contribution in [0.5, 0.6) is 0 Å². The van der Waals surface area contributed by atoms with Crippen LogP contribution in [0.1, 0.15) is 26.3 Å². The van der Waals surface area contributed by atoms with Gasteiger partial charge in [-0.15, -0.1) is 0 Å². The fraction of sp³-hybridized carbons (Fsp3) is 0.200. The number of halogens is 3. The molecule has 1 saturated heterocycles. The molecule has 1 aliphatic heterocycles. The molecule has 0 unspecified atom stereocenters. The normalized spacial score (nSPS) is 13.7. The molecule has 3 aromatic carbocycles. The number of amides is 2. The van der Waals surface area contributed by atoms with E-state index in [1.165, 1.54) is 6.07 Å². The number of benzene rings is 3. The van der Waals surface area contributed by atoms with Gasteiger partial charge in [0, 0.05) is 36.8 Å². The second-order valence-corrected chi connectivity index (χ2v) is 9.11. The minimum atomic E-state index is -0.376. The van der Waals surface area contributed by atoms with E-state index in [1.807, 2.05) is 36.1 Å². The Kier molecular flexibility index (Phi) is 7.13. The zero-order chi connectivity index (χ0) is 23.5. The Labute approximate surface area is 207 Å². The van der Waals surface area contributed by atoms with Crippen molar-refractivity contribution in [3.8, 4) is 0 Å². The number of piperazine rings is 1. The van der Waals surface area contributed by atoms with Crippen molar-refractivity contribution in [3.05, 3.63) is 92.4 Å². The standard InChI is InChI=1S/C25H22Cl3N3O2/c1-16-5-7-17(8-6-16)25(33)31-13-11-30(12-14-31)23-21(28)3-2-4-22(23)29-24(32)19-15-18(26)9-10-20(19)27/h2-10,15H,11-14H2,1H3,(H,29,32). The monoisotopic (exact) mass is 501 g/mol. The number of carbonyl (C=O) groups is 2. The molecule has 1 fully saturated rings. The molecule has 1 N–H and O–H groups in total. The summed E-state index contributed by atoms with van der Waals surface area (Å²) in [7, 11) is 0. The first-order chi connectivity index (χ1) is 15.8. The fourth-order valence-corrected chi connectivity index (χ4v) is 4.48. The highest BCUT2D eigenvalue weighted by Gasteiger charge is 2.25. The van der Waals surface area contributed by atoms with Crippen LogP contribution in [0.25, 0.3) is 0 Å². The molecule has 1 aliphatic rings. The SMILES string of the molecule is Cc1ccc(C(=O)N2CCN(c3c(Cl)cccc3NC(=O)c3cc(Cl)ccc3Cl)CC2)cc1. The molecule has 2 amide bonds. The van der Waals surface area contributed by atoms with Gasteiger partial charge < -0.3 is 15.1 Å². The van der Waals surface area contributed by atoms with Gasteiger partial charge in [-0.25, -0.2) is 0 Å². The number of aryl methyl sites for hydroxylation is 1. The third-order valence-electron chi connectivity index (χ3n) is 5.59. The average Bonchev–Trinajstić information content (AvgIpc) is 2.81. The van der Waals surface area contributed by atoms with E-state index < -0.39 is 0 Å². The van der Waals surface area contributed by atoms with Crippen LogP contribution in [0.15, 0.2) is 60.7 Å². The van der Waals surface area contributed by atoms with Crippen LogP contribution in [0, 0.1) is 6.92 Å². The lowest BCUT2D eigenvalue weighted by atomic mass is 10.1. The number of anilines is 2. The Morgan fingerprint density at radius 2 is 1.55 bits per heavy atom. The third-order valence-corrected chi connectivity index (χ3v) is 6.46. The van der Waals surface area contributed by atoms with Crippen molar-refractivity contribution in [1.82, 2.24) is 4.90 Å². The Morgan fingerprint density at radius 1 is 0.848 bits per heavy atom. The van der Waals surface area contributed by atoms with Crippen molar-refractivity contribution in [1.29, 1.82) is 0 Å². The number of para-hydroxylation sites is 1. The van der Waals surface area contributed by atoms with E-state index >= 15 is 0 Å². The lowest BCUT2D eigenvalue weighted by Gasteiger charge is -2.37. The number of hydrogen-bond donors (Lipinski definition) is 1. The van der Waals surface area contributed by atoms with Crippen molar-refractivity contribution < 1.29 is 9.59 Å². The number of hydrogen-bond acceptors (Lipinski definition) is 3. The smallest absolute Gasteiger partial charge is 0.257 e. The van der Waals surface area contributed by atoms with Gasteiger partial charge in [-0.1, -0.05) is 58.6 Å². The molecule has 170 valence electrons. The molecule has 1 heterocycles. The summed E-state index contributed by atoms with van der Waals surface area (Å²) in [6.45, 7) is 4.26. The number of nitrogens with zero attached hydrogens (tertiary/aromatic N) is 2. The molecule has 0 spiro atoms. The zero-order valence-electron chi connectivity index (χ0n) is 17.9. The molecule has 0 radical (unpaired) electrons. The van der Waals surface area contributed by atoms with Gasteiger partial charge in [0.2, 0.25) is 0 Å². The van der Waals surface area contributed by atoms with Gasteiger partial charge in [0.1, 0.15) is 0 Å². The molecular formula is C25H22Cl3N3O2.